The average molecular weight is 536 g/mol. The molecule has 0 saturated heterocycles. The summed E-state index contributed by atoms with van der Waals surface area (Å²) in [6, 6.07) is 19.8. The number of nitrogens with one attached hydrogen (secondary N) is 1. The predicted octanol–water partition coefficient (Wildman–Crippen LogP) is 5.16. The number of halogens is 1. The van der Waals surface area contributed by atoms with Gasteiger partial charge in [0.05, 0.1) is 33.4 Å². The van der Waals surface area contributed by atoms with Gasteiger partial charge in [0.1, 0.15) is 11.5 Å². The molecular formula is C25H22ClN7O3S. The highest BCUT2D eigenvalue weighted by atomic mass is 35.5. The minimum Gasteiger partial charge on any atom is -0.450 e. The van der Waals surface area contributed by atoms with Crippen molar-refractivity contribution >= 4 is 28.1 Å². The third-order valence-electron chi connectivity index (χ3n) is 5.70. The van der Waals surface area contributed by atoms with Crippen LogP contribution in [0.2, 0.25) is 5.02 Å². The van der Waals surface area contributed by atoms with Crippen molar-refractivity contribution in [2.45, 2.75) is 24.0 Å². The highest BCUT2D eigenvalue weighted by Crippen LogP contribution is 2.43. The summed E-state index contributed by atoms with van der Waals surface area (Å²) in [7, 11) is -2.89. The smallest absolute Gasteiger partial charge is 0.212 e. The van der Waals surface area contributed by atoms with E-state index in [0.717, 1.165) is 5.56 Å². The fourth-order valence-electron chi connectivity index (χ4n) is 3.80. The zero-order valence-electron chi connectivity index (χ0n) is 19.6. The van der Waals surface area contributed by atoms with E-state index in [4.69, 9.17) is 21.6 Å². The first-order valence-electron chi connectivity index (χ1n) is 11.2. The fourth-order valence-corrected chi connectivity index (χ4v) is 4.60. The molecule has 0 fully saturated rings. The first-order valence-corrected chi connectivity index (χ1v) is 13.5. The van der Waals surface area contributed by atoms with Gasteiger partial charge in [0.2, 0.25) is 12.1 Å². The van der Waals surface area contributed by atoms with Crippen LogP contribution >= 0.6 is 22.2 Å². The van der Waals surface area contributed by atoms with Crippen LogP contribution in [0.4, 0.5) is 0 Å². The second-order valence-electron chi connectivity index (χ2n) is 8.31. The quantitative estimate of drug-likeness (QED) is 0.294. The molecule has 3 N–H and O–H groups in total. The molecule has 1 unspecified atom stereocenters. The zero-order chi connectivity index (χ0) is 26.0. The van der Waals surface area contributed by atoms with Gasteiger partial charge in [-0.2, -0.15) is 15.9 Å². The number of ether oxygens (including phenoxy) is 1. The molecule has 0 radical (unpaired) electrons. The van der Waals surface area contributed by atoms with Crippen molar-refractivity contribution in [1.29, 1.82) is 5.26 Å². The van der Waals surface area contributed by atoms with Crippen molar-refractivity contribution in [1.82, 2.24) is 25.2 Å². The van der Waals surface area contributed by atoms with Crippen LogP contribution < -0.4 is 5.43 Å². The van der Waals surface area contributed by atoms with Gasteiger partial charge in [0, 0.05) is 24.7 Å². The van der Waals surface area contributed by atoms with Gasteiger partial charge in [-0.15, -0.1) is 15.3 Å². The molecule has 4 aromatic rings. The summed E-state index contributed by atoms with van der Waals surface area (Å²) in [5.41, 5.74) is 5.59. The monoisotopic (exact) mass is 535 g/mol. The van der Waals surface area contributed by atoms with E-state index in [-0.39, 0.29) is 0 Å². The van der Waals surface area contributed by atoms with Crippen LogP contribution in [-0.4, -0.2) is 41.0 Å². The molecule has 0 amide bonds. The van der Waals surface area contributed by atoms with Gasteiger partial charge in [-0.25, -0.2) is 0 Å². The maximum absolute atomic E-state index is 9.92. The lowest BCUT2D eigenvalue weighted by Crippen LogP contribution is -2.12. The van der Waals surface area contributed by atoms with Crippen LogP contribution in [0.15, 0.2) is 76.9 Å². The van der Waals surface area contributed by atoms with E-state index in [0.29, 0.717) is 57.3 Å². The maximum Gasteiger partial charge on any atom is 0.212 e. The Morgan fingerprint density at radius 1 is 1.08 bits per heavy atom. The molecule has 1 aliphatic heterocycles. The number of rotatable bonds is 7. The molecule has 10 nitrogen and oxygen atoms in total. The zero-order valence-corrected chi connectivity index (χ0v) is 21.2. The van der Waals surface area contributed by atoms with Gasteiger partial charge in [-0.3, -0.25) is 24.1 Å². The lowest BCUT2D eigenvalue weighted by Gasteiger charge is -2.26. The molecule has 188 valence electrons. The molecule has 0 spiro atoms. The van der Waals surface area contributed by atoms with Crippen molar-refractivity contribution < 1.29 is 13.8 Å². The Morgan fingerprint density at radius 3 is 2.54 bits per heavy atom. The van der Waals surface area contributed by atoms with Gasteiger partial charge in [-0.1, -0.05) is 35.9 Å². The van der Waals surface area contributed by atoms with Crippen molar-refractivity contribution in [2.24, 2.45) is 5.10 Å². The lowest BCUT2D eigenvalue weighted by molar-refractivity contribution is 0.186. The first kappa shape index (κ1) is 24.7. The third kappa shape index (κ3) is 5.28. The molecule has 12 heteroatoms. The standard InChI is InChI=1S/C25H22ClN7O3S/c1-37(34,35)18-10-11-20(28-15-18)24-31-29-22(33(24)21-5-3-2-4-19(21)26)12-13-23-30-32-25(36-23)17-8-6-16(14-27)7-9-17/h2-11,15,25,32,34-35H,12-13H2,1H3. The molecule has 3 heterocycles. The largest absolute Gasteiger partial charge is 0.450 e. The summed E-state index contributed by atoms with van der Waals surface area (Å²) in [5, 5.41) is 22.6. The average Bonchev–Trinajstić information content (AvgIpc) is 3.55. The lowest BCUT2D eigenvalue weighted by atomic mass is 10.1. The Morgan fingerprint density at radius 2 is 1.86 bits per heavy atom. The van der Waals surface area contributed by atoms with E-state index in [2.05, 4.69) is 31.8 Å². The summed E-state index contributed by atoms with van der Waals surface area (Å²) in [5.74, 6) is 1.60. The SMILES string of the molecule is CS(O)(O)c1ccc(-c2nnc(CCC3=NNC(c4ccc(C#N)cc4)O3)n2-c2ccccc2Cl)nc1. The molecule has 1 aliphatic rings. The van der Waals surface area contributed by atoms with Gasteiger partial charge < -0.3 is 4.74 Å². The fraction of sp³-hybridized carbons (Fsp3) is 0.160. The van der Waals surface area contributed by atoms with Crippen LogP contribution in [0.5, 0.6) is 0 Å². The molecule has 2 aromatic carbocycles. The molecule has 1 atom stereocenters. The Kier molecular flexibility index (Phi) is 6.82. The van der Waals surface area contributed by atoms with Crippen molar-refractivity contribution in [3.63, 3.8) is 0 Å². The van der Waals surface area contributed by atoms with Crippen molar-refractivity contribution in [3.05, 3.63) is 88.8 Å². The number of hydrazone groups is 1. The van der Waals surface area contributed by atoms with Gasteiger partial charge in [0.15, 0.2) is 5.82 Å². The molecular weight excluding hydrogens is 514 g/mol. The summed E-state index contributed by atoms with van der Waals surface area (Å²) in [6.45, 7) is 0. The number of benzene rings is 2. The Bertz CT molecular complexity index is 1490. The molecule has 0 bridgehead atoms. The predicted molar refractivity (Wildman–Crippen MR) is 141 cm³/mol. The van der Waals surface area contributed by atoms with E-state index >= 15 is 0 Å². The normalized spacial score (nSPS) is 15.4. The van der Waals surface area contributed by atoms with Crippen LogP contribution in [-0.2, 0) is 11.2 Å². The van der Waals surface area contributed by atoms with Crippen molar-refractivity contribution in [3.8, 4) is 23.3 Å². The third-order valence-corrected chi connectivity index (χ3v) is 7.15. The highest BCUT2D eigenvalue weighted by molar-refractivity contribution is 8.23. The van der Waals surface area contributed by atoms with E-state index < -0.39 is 16.8 Å². The maximum atomic E-state index is 9.92. The van der Waals surface area contributed by atoms with Crippen LogP contribution in [0, 0.1) is 11.3 Å². The Labute approximate surface area is 219 Å². The van der Waals surface area contributed by atoms with Gasteiger partial charge in [-0.05, 0) is 36.4 Å². The number of para-hydroxylation sites is 1. The number of aromatic nitrogens is 4. The second-order valence-corrected chi connectivity index (χ2v) is 10.9. The summed E-state index contributed by atoms with van der Waals surface area (Å²) < 4.78 is 27.6. The molecule has 2 aromatic heterocycles. The van der Waals surface area contributed by atoms with Crippen LogP contribution in [0.25, 0.3) is 17.2 Å². The van der Waals surface area contributed by atoms with E-state index in [1.165, 1.54) is 12.5 Å². The second kappa shape index (κ2) is 10.2. The number of pyridine rings is 1. The topological polar surface area (TPSA) is 141 Å². The first-order chi connectivity index (χ1) is 17.8. The number of hydrogen-bond acceptors (Lipinski definition) is 9. The highest BCUT2D eigenvalue weighted by Gasteiger charge is 2.24. The number of nitriles is 1. The van der Waals surface area contributed by atoms with Gasteiger partial charge in [0.25, 0.3) is 0 Å². The molecule has 37 heavy (non-hydrogen) atoms. The summed E-state index contributed by atoms with van der Waals surface area (Å²) in [6.07, 6.45) is 3.24. The molecule has 0 aliphatic carbocycles. The van der Waals surface area contributed by atoms with Gasteiger partial charge >= 0.3 is 0 Å². The number of hydrogen-bond donors (Lipinski definition) is 3. The summed E-state index contributed by atoms with van der Waals surface area (Å²) >= 11 is 6.53. The van der Waals surface area contributed by atoms with E-state index in [1.54, 1.807) is 30.3 Å². The van der Waals surface area contributed by atoms with E-state index in [1.807, 2.05) is 34.9 Å². The molecule has 5 rings (SSSR count). The van der Waals surface area contributed by atoms with Crippen LogP contribution in [0.3, 0.4) is 0 Å². The van der Waals surface area contributed by atoms with E-state index in [9.17, 15) is 9.11 Å². The Hall–Kier alpha value is -3.95. The van der Waals surface area contributed by atoms with Crippen LogP contribution in [0.1, 0.15) is 29.6 Å². The minimum absolute atomic E-state index is 0.334. The minimum atomic E-state index is -2.89. The number of aryl methyl sites for hydroxylation is 1. The van der Waals surface area contributed by atoms with Crippen molar-refractivity contribution in [2.75, 3.05) is 6.26 Å². The number of nitrogens with zero attached hydrogens (tertiary/aromatic N) is 6. The Balaban J connectivity index is 1.38. The summed E-state index contributed by atoms with van der Waals surface area (Å²) in [4.78, 5) is 4.73. The molecule has 0 saturated carbocycles.